The fourth-order valence-electron chi connectivity index (χ4n) is 1.25. The lowest BCUT2D eigenvalue weighted by molar-refractivity contribution is -0.383. The van der Waals surface area contributed by atoms with Crippen molar-refractivity contribution in [1.29, 1.82) is 0 Å². The molecule has 0 aromatic heterocycles. The monoisotopic (exact) mass is 196 g/mol. The minimum absolute atomic E-state index is 0.108. The minimum Gasteiger partial charge on any atom is -0.393 e. The van der Waals surface area contributed by atoms with Gasteiger partial charge in [0.15, 0.2) is 0 Å². The second-order valence-corrected chi connectivity index (χ2v) is 3.16. The fraction of sp³-hybridized carbons (Fsp3) is 0.333. The maximum Gasteiger partial charge on any atom is 0.292 e. The SMILES string of the molecule is CC(O)Cc1cccc([N+](=O)[O-])c1N. The van der Waals surface area contributed by atoms with Gasteiger partial charge in [-0.1, -0.05) is 12.1 Å². The van der Waals surface area contributed by atoms with Gasteiger partial charge in [-0.25, -0.2) is 0 Å². The van der Waals surface area contributed by atoms with Gasteiger partial charge < -0.3 is 10.8 Å². The predicted octanol–water partition coefficient (Wildman–Crippen LogP) is 1.10. The number of nitrogens with zero attached hydrogens (tertiary/aromatic N) is 1. The quantitative estimate of drug-likeness (QED) is 0.430. The third kappa shape index (κ3) is 2.20. The molecular formula is C9H12N2O3. The van der Waals surface area contributed by atoms with Crippen molar-refractivity contribution in [1.82, 2.24) is 0 Å². The molecule has 3 N–H and O–H groups in total. The molecule has 1 aromatic carbocycles. The van der Waals surface area contributed by atoms with Crippen molar-refractivity contribution in [3.05, 3.63) is 33.9 Å². The van der Waals surface area contributed by atoms with Gasteiger partial charge in [-0.05, 0) is 12.5 Å². The molecule has 0 aliphatic heterocycles. The summed E-state index contributed by atoms with van der Waals surface area (Å²) in [5, 5.41) is 19.7. The zero-order valence-corrected chi connectivity index (χ0v) is 7.80. The first-order valence-corrected chi connectivity index (χ1v) is 4.22. The molecule has 0 fully saturated rings. The van der Waals surface area contributed by atoms with Crippen LogP contribution in [0.4, 0.5) is 11.4 Å². The first kappa shape index (κ1) is 10.5. The van der Waals surface area contributed by atoms with E-state index in [2.05, 4.69) is 0 Å². The lowest BCUT2D eigenvalue weighted by atomic mass is 10.1. The van der Waals surface area contributed by atoms with Gasteiger partial charge in [0.1, 0.15) is 5.69 Å². The summed E-state index contributed by atoms with van der Waals surface area (Å²) in [6.45, 7) is 1.61. The lowest BCUT2D eigenvalue weighted by Gasteiger charge is -2.07. The van der Waals surface area contributed by atoms with Gasteiger partial charge in [0.05, 0.1) is 11.0 Å². The van der Waals surface area contributed by atoms with Crippen LogP contribution < -0.4 is 5.73 Å². The number of hydrogen-bond donors (Lipinski definition) is 2. The molecule has 0 amide bonds. The maximum atomic E-state index is 10.5. The van der Waals surface area contributed by atoms with Crippen LogP contribution in [0.25, 0.3) is 0 Å². The molecule has 0 aliphatic rings. The zero-order valence-electron chi connectivity index (χ0n) is 7.80. The lowest BCUT2D eigenvalue weighted by Crippen LogP contribution is -2.08. The van der Waals surface area contributed by atoms with Crippen LogP contribution in [0.1, 0.15) is 12.5 Å². The second-order valence-electron chi connectivity index (χ2n) is 3.16. The van der Waals surface area contributed by atoms with Crippen LogP contribution in [-0.2, 0) is 6.42 Å². The van der Waals surface area contributed by atoms with E-state index >= 15 is 0 Å². The van der Waals surface area contributed by atoms with E-state index in [1.165, 1.54) is 6.07 Å². The second kappa shape index (κ2) is 4.06. The van der Waals surface area contributed by atoms with Gasteiger partial charge in [0, 0.05) is 12.5 Å². The van der Waals surface area contributed by atoms with E-state index in [-0.39, 0.29) is 11.4 Å². The summed E-state index contributed by atoms with van der Waals surface area (Å²) in [7, 11) is 0. The number of hydrogen-bond acceptors (Lipinski definition) is 4. The molecule has 1 rings (SSSR count). The van der Waals surface area contributed by atoms with E-state index in [0.29, 0.717) is 12.0 Å². The zero-order chi connectivity index (χ0) is 10.7. The van der Waals surface area contributed by atoms with Gasteiger partial charge >= 0.3 is 0 Å². The van der Waals surface area contributed by atoms with E-state index in [1.54, 1.807) is 19.1 Å². The van der Waals surface area contributed by atoms with Crippen LogP contribution in [-0.4, -0.2) is 16.1 Å². The smallest absolute Gasteiger partial charge is 0.292 e. The summed E-state index contributed by atoms with van der Waals surface area (Å²) in [4.78, 5) is 10.00. The molecule has 0 spiro atoms. The van der Waals surface area contributed by atoms with E-state index < -0.39 is 11.0 Å². The summed E-state index contributed by atoms with van der Waals surface area (Å²) in [6.07, 6.45) is -0.229. The Balaban J connectivity index is 3.07. The molecule has 14 heavy (non-hydrogen) atoms. The van der Waals surface area contributed by atoms with Crippen molar-refractivity contribution >= 4 is 11.4 Å². The Bertz CT molecular complexity index is 350. The fourth-order valence-corrected chi connectivity index (χ4v) is 1.25. The number of benzene rings is 1. The standard InChI is InChI=1S/C9H12N2O3/c1-6(12)5-7-3-2-4-8(9(7)10)11(13)14/h2-4,6,12H,5,10H2,1H3. The molecule has 1 aromatic rings. The summed E-state index contributed by atoms with van der Waals surface area (Å²) >= 11 is 0. The maximum absolute atomic E-state index is 10.5. The molecule has 76 valence electrons. The summed E-state index contributed by atoms with van der Waals surface area (Å²) in [5.41, 5.74) is 6.21. The highest BCUT2D eigenvalue weighted by molar-refractivity contribution is 5.63. The Labute approximate surface area is 81.3 Å². The predicted molar refractivity (Wildman–Crippen MR) is 52.9 cm³/mol. The largest absolute Gasteiger partial charge is 0.393 e. The topological polar surface area (TPSA) is 89.4 Å². The van der Waals surface area contributed by atoms with Crippen molar-refractivity contribution in [2.24, 2.45) is 0 Å². The molecule has 0 saturated heterocycles. The van der Waals surface area contributed by atoms with Crippen LogP contribution in [0, 0.1) is 10.1 Å². The molecule has 0 bridgehead atoms. The number of nitrogens with two attached hydrogens (primary N) is 1. The number of aliphatic hydroxyl groups excluding tert-OH is 1. The van der Waals surface area contributed by atoms with Gasteiger partial charge in [0.2, 0.25) is 0 Å². The van der Waals surface area contributed by atoms with Crippen molar-refractivity contribution in [3.63, 3.8) is 0 Å². The molecule has 5 nitrogen and oxygen atoms in total. The number of anilines is 1. The van der Waals surface area contributed by atoms with Gasteiger partial charge in [0.25, 0.3) is 5.69 Å². The molecule has 5 heteroatoms. The van der Waals surface area contributed by atoms with Crippen LogP contribution in [0.3, 0.4) is 0 Å². The van der Waals surface area contributed by atoms with Gasteiger partial charge in [-0.3, -0.25) is 10.1 Å². The number of para-hydroxylation sites is 1. The van der Waals surface area contributed by atoms with E-state index in [0.717, 1.165) is 0 Å². The number of rotatable bonds is 3. The molecule has 0 aliphatic carbocycles. The summed E-state index contributed by atoms with van der Waals surface area (Å²) in [5.74, 6) is 0. The third-order valence-electron chi connectivity index (χ3n) is 1.89. The Morgan fingerprint density at radius 3 is 2.79 bits per heavy atom. The van der Waals surface area contributed by atoms with Crippen LogP contribution in [0.5, 0.6) is 0 Å². The van der Waals surface area contributed by atoms with E-state index in [4.69, 9.17) is 10.8 Å². The molecule has 1 atom stereocenters. The van der Waals surface area contributed by atoms with Crippen molar-refractivity contribution in [3.8, 4) is 0 Å². The van der Waals surface area contributed by atoms with Crippen LogP contribution >= 0.6 is 0 Å². The van der Waals surface area contributed by atoms with Gasteiger partial charge in [-0.15, -0.1) is 0 Å². The first-order valence-electron chi connectivity index (χ1n) is 4.22. The molecule has 0 heterocycles. The molecular weight excluding hydrogens is 184 g/mol. The Hall–Kier alpha value is -1.62. The first-order chi connectivity index (χ1) is 6.52. The minimum atomic E-state index is -0.556. The summed E-state index contributed by atoms with van der Waals surface area (Å²) < 4.78 is 0. The molecule has 0 saturated carbocycles. The Kier molecular flexibility index (Phi) is 3.03. The third-order valence-corrected chi connectivity index (χ3v) is 1.89. The number of nitro benzene ring substituents is 1. The normalized spacial score (nSPS) is 12.4. The highest BCUT2D eigenvalue weighted by Gasteiger charge is 2.14. The van der Waals surface area contributed by atoms with E-state index in [1.807, 2.05) is 0 Å². The van der Waals surface area contributed by atoms with Crippen LogP contribution in [0.15, 0.2) is 18.2 Å². The van der Waals surface area contributed by atoms with Crippen molar-refractivity contribution in [2.45, 2.75) is 19.4 Å². The molecule has 1 unspecified atom stereocenters. The van der Waals surface area contributed by atoms with Gasteiger partial charge in [-0.2, -0.15) is 0 Å². The van der Waals surface area contributed by atoms with Crippen molar-refractivity contribution in [2.75, 3.05) is 5.73 Å². The number of nitrogen functional groups attached to an aromatic ring is 1. The molecule has 0 radical (unpaired) electrons. The average Bonchev–Trinajstić information content (AvgIpc) is 2.07. The highest BCUT2D eigenvalue weighted by Crippen LogP contribution is 2.25. The van der Waals surface area contributed by atoms with Crippen molar-refractivity contribution < 1.29 is 10.0 Å². The highest BCUT2D eigenvalue weighted by atomic mass is 16.6. The number of aliphatic hydroxyl groups is 1. The number of nitro groups is 1. The summed E-state index contributed by atoms with van der Waals surface area (Å²) in [6, 6.07) is 4.59. The average molecular weight is 196 g/mol. The Morgan fingerprint density at radius 1 is 1.64 bits per heavy atom. The van der Waals surface area contributed by atoms with E-state index in [9.17, 15) is 10.1 Å². The van der Waals surface area contributed by atoms with Crippen LogP contribution in [0.2, 0.25) is 0 Å². The Morgan fingerprint density at radius 2 is 2.29 bits per heavy atom.